The number of rotatable bonds is 1. The van der Waals surface area contributed by atoms with Crippen molar-refractivity contribution in [3.8, 4) is 0 Å². The van der Waals surface area contributed by atoms with Crippen molar-refractivity contribution >= 4 is 11.8 Å². The molecule has 0 aromatic heterocycles. The third kappa shape index (κ3) is 3.32. The second-order valence-corrected chi connectivity index (χ2v) is 2.88. The summed E-state index contributed by atoms with van der Waals surface area (Å²) in [6.07, 6.45) is 0. The number of thioether (sulfide) groups is 1. The number of hydrogen-bond acceptors (Lipinski definition) is 1. The molecule has 0 atom stereocenters. The molecule has 59 valence electrons. The summed E-state index contributed by atoms with van der Waals surface area (Å²) in [6.45, 7) is 0. The van der Waals surface area contributed by atoms with Crippen molar-refractivity contribution in [2.24, 2.45) is 0 Å². The Morgan fingerprint density at radius 1 is 1.27 bits per heavy atom. The summed E-state index contributed by atoms with van der Waals surface area (Å²) in [7, 11) is 0. The maximum Gasteiger partial charge on any atom is 0.446 e. The minimum Gasteiger partial charge on any atom is -0.160 e. The van der Waals surface area contributed by atoms with Crippen molar-refractivity contribution in [2.45, 2.75) is 10.4 Å². The fourth-order valence-electron chi connectivity index (χ4n) is 0.565. The first kappa shape index (κ1) is 8.46. The van der Waals surface area contributed by atoms with E-state index in [1.54, 1.807) is 12.1 Å². The first-order valence-corrected chi connectivity index (χ1v) is 3.62. The lowest BCUT2D eigenvalue weighted by atomic mass is 10.4. The Balaban J connectivity index is 2.66. The lowest BCUT2D eigenvalue weighted by molar-refractivity contribution is -0.0328. The average molecular weight is 177 g/mol. The van der Waals surface area contributed by atoms with E-state index >= 15 is 0 Å². The molecular weight excluding hydrogens is 173 g/mol. The molecule has 4 heteroatoms. The van der Waals surface area contributed by atoms with Crippen molar-refractivity contribution in [1.82, 2.24) is 0 Å². The van der Waals surface area contributed by atoms with Gasteiger partial charge < -0.3 is 0 Å². The van der Waals surface area contributed by atoms with Crippen molar-refractivity contribution in [2.75, 3.05) is 0 Å². The largest absolute Gasteiger partial charge is 0.446 e. The molecule has 1 rings (SSSR count). The van der Waals surface area contributed by atoms with E-state index in [-0.39, 0.29) is 16.7 Å². The zero-order valence-electron chi connectivity index (χ0n) is 5.35. The molecule has 0 heterocycles. The normalized spacial score (nSPS) is 11.5. The average Bonchev–Trinajstić information content (AvgIpc) is 1.85. The predicted octanol–water partition coefficient (Wildman–Crippen LogP) is 3.10. The van der Waals surface area contributed by atoms with Gasteiger partial charge in [0, 0.05) is 4.90 Å². The Bertz CT molecular complexity index is 217. The monoisotopic (exact) mass is 177 g/mol. The van der Waals surface area contributed by atoms with E-state index in [1.165, 1.54) is 12.1 Å². The molecule has 0 saturated heterocycles. The minimum atomic E-state index is -4.21. The van der Waals surface area contributed by atoms with E-state index < -0.39 is 5.51 Å². The highest BCUT2D eigenvalue weighted by atomic mass is 32.2. The molecule has 0 N–H and O–H groups in total. The minimum absolute atomic E-state index is 0.0972. The molecular formula is C7H4F3S. The van der Waals surface area contributed by atoms with Crippen LogP contribution in [0.1, 0.15) is 0 Å². The molecule has 0 fully saturated rings. The molecule has 0 amide bonds. The van der Waals surface area contributed by atoms with Crippen LogP contribution in [0.4, 0.5) is 13.2 Å². The zero-order chi connectivity index (χ0) is 8.32. The van der Waals surface area contributed by atoms with Crippen LogP contribution in [0.25, 0.3) is 0 Å². The van der Waals surface area contributed by atoms with Gasteiger partial charge in [-0.15, -0.1) is 0 Å². The summed E-state index contributed by atoms with van der Waals surface area (Å²) < 4.78 is 35.1. The van der Waals surface area contributed by atoms with Crippen LogP contribution >= 0.6 is 11.8 Å². The molecule has 0 saturated carbocycles. The van der Waals surface area contributed by atoms with Gasteiger partial charge in [0.1, 0.15) is 0 Å². The van der Waals surface area contributed by atoms with Gasteiger partial charge in [0.15, 0.2) is 0 Å². The Kier molecular flexibility index (Phi) is 2.44. The maximum atomic E-state index is 11.7. The third-order valence-corrected chi connectivity index (χ3v) is 1.61. The van der Waals surface area contributed by atoms with E-state index in [1.807, 2.05) is 0 Å². The number of halogens is 3. The van der Waals surface area contributed by atoms with Crippen molar-refractivity contribution < 1.29 is 13.2 Å². The molecule has 0 aliphatic carbocycles. The van der Waals surface area contributed by atoms with Crippen LogP contribution in [0.15, 0.2) is 29.2 Å². The summed E-state index contributed by atoms with van der Waals surface area (Å²) in [5.41, 5.74) is -4.21. The first-order valence-electron chi connectivity index (χ1n) is 2.80. The van der Waals surface area contributed by atoms with E-state index in [9.17, 15) is 13.2 Å². The van der Waals surface area contributed by atoms with Gasteiger partial charge in [0.25, 0.3) is 0 Å². The number of benzene rings is 1. The molecule has 0 unspecified atom stereocenters. The second-order valence-electron chi connectivity index (χ2n) is 1.77. The van der Waals surface area contributed by atoms with Crippen LogP contribution in [0.5, 0.6) is 0 Å². The molecule has 0 aliphatic heterocycles. The Labute approximate surface area is 66.4 Å². The lowest BCUT2D eigenvalue weighted by Gasteiger charge is -2.03. The molecule has 1 aromatic carbocycles. The zero-order valence-corrected chi connectivity index (χ0v) is 6.17. The smallest absolute Gasteiger partial charge is 0.160 e. The summed E-state index contributed by atoms with van der Waals surface area (Å²) in [5, 5.41) is 0. The number of alkyl halides is 3. The van der Waals surface area contributed by atoms with Crippen LogP contribution in [-0.2, 0) is 0 Å². The third-order valence-electron chi connectivity index (χ3n) is 0.906. The highest BCUT2D eigenvalue weighted by molar-refractivity contribution is 8.00. The van der Waals surface area contributed by atoms with Gasteiger partial charge in [-0.05, 0) is 23.9 Å². The van der Waals surface area contributed by atoms with Crippen molar-refractivity contribution in [3.63, 3.8) is 0 Å². The van der Waals surface area contributed by atoms with Gasteiger partial charge in [-0.1, -0.05) is 18.2 Å². The fourth-order valence-corrected chi connectivity index (χ4v) is 1.09. The predicted molar refractivity (Wildman–Crippen MR) is 37.2 cm³/mol. The summed E-state index contributed by atoms with van der Waals surface area (Å²) in [6, 6.07) is 8.47. The van der Waals surface area contributed by atoms with Crippen LogP contribution in [0.3, 0.4) is 0 Å². The molecule has 0 spiro atoms. The second kappa shape index (κ2) is 3.17. The van der Waals surface area contributed by atoms with Gasteiger partial charge >= 0.3 is 5.51 Å². The highest BCUT2D eigenvalue weighted by Gasteiger charge is 2.28. The fraction of sp³-hybridized carbons (Fsp3) is 0.143. The Morgan fingerprint density at radius 3 is 2.45 bits per heavy atom. The van der Waals surface area contributed by atoms with E-state index in [2.05, 4.69) is 6.07 Å². The topological polar surface area (TPSA) is 0 Å². The lowest BCUT2D eigenvalue weighted by Crippen LogP contribution is -1.98. The van der Waals surface area contributed by atoms with Gasteiger partial charge in [-0.3, -0.25) is 0 Å². The molecule has 11 heavy (non-hydrogen) atoms. The van der Waals surface area contributed by atoms with Gasteiger partial charge in [0.2, 0.25) is 0 Å². The molecule has 0 aliphatic rings. The van der Waals surface area contributed by atoms with Gasteiger partial charge in [-0.25, -0.2) is 0 Å². The Morgan fingerprint density at radius 2 is 2.00 bits per heavy atom. The standard InChI is InChI=1S/C7H4F3S/c8-7(9,10)11-6-4-2-1-3-5-6/h1-4H. The summed E-state index contributed by atoms with van der Waals surface area (Å²) in [4.78, 5) is 0.0972. The SMILES string of the molecule is FC(F)(F)Sc1[c]cccc1. The first-order chi connectivity index (χ1) is 5.08. The van der Waals surface area contributed by atoms with E-state index in [0.29, 0.717) is 0 Å². The highest BCUT2D eigenvalue weighted by Crippen LogP contribution is 2.35. The van der Waals surface area contributed by atoms with Crippen LogP contribution in [0.2, 0.25) is 0 Å². The Hall–Kier alpha value is -0.640. The van der Waals surface area contributed by atoms with Crippen molar-refractivity contribution in [1.29, 1.82) is 0 Å². The van der Waals surface area contributed by atoms with Crippen molar-refractivity contribution in [3.05, 3.63) is 30.3 Å². The van der Waals surface area contributed by atoms with Crippen LogP contribution in [-0.4, -0.2) is 5.51 Å². The quantitative estimate of drug-likeness (QED) is 0.594. The molecule has 1 radical (unpaired) electrons. The summed E-state index contributed by atoms with van der Waals surface area (Å²) >= 11 is -0.155. The molecule has 0 nitrogen and oxygen atoms in total. The van der Waals surface area contributed by atoms with Crippen LogP contribution < -0.4 is 0 Å². The summed E-state index contributed by atoms with van der Waals surface area (Å²) in [5.74, 6) is 0. The van der Waals surface area contributed by atoms with Crippen LogP contribution in [0, 0.1) is 6.07 Å². The van der Waals surface area contributed by atoms with Gasteiger partial charge in [-0.2, -0.15) is 13.2 Å². The number of hydrogen-bond donors (Lipinski definition) is 0. The van der Waals surface area contributed by atoms with E-state index in [0.717, 1.165) is 0 Å². The van der Waals surface area contributed by atoms with Gasteiger partial charge in [0.05, 0.1) is 0 Å². The molecule has 0 bridgehead atoms. The maximum absolute atomic E-state index is 11.7. The van der Waals surface area contributed by atoms with E-state index in [4.69, 9.17) is 0 Å². The molecule has 1 aromatic rings.